The van der Waals surface area contributed by atoms with Crippen molar-refractivity contribution in [2.24, 2.45) is 5.92 Å². The normalized spacial score (nSPS) is 19.6. The molecule has 8 nitrogen and oxygen atoms in total. The Balaban J connectivity index is 1.48. The minimum Gasteiger partial charge on any atom is -0.452 e. The van der Waals surface area contributed by atoms with Gasteiger partial charge < -0.3 is 15.0 Å². The van der Waals surface area contributed by atoms with E-state index in [-0.39, 0.29) is 34.4 Å². The van der Waals surface area contributed by atoms with Crippen molar-refractivity contribution in [2.75, 3.05) is 18.0 Å². The molecule has 1 aromatic rings. The summed E-state index contributed by atoms with van der Waals surface area (Å²) in [5, 5.41) is 14.3. The molecular formula is C22H31N3O5. The largest absolute Gasteiger partial charge is 0.452 e. The van der Waals surface area contributed by atoms with Gasteiger partial charge >= 0.3 is 5.97 Å². The topological polar surface area (TPSA) is 102 Å². The van der Waals surface area contributed by atoms with E-state index in [0.717, 1.165) is 25.7 Å². The molecule has 1 saturated heterocycles. The lowest BCUT2D eigenvalue weighted by Gasteiger charge is -2.32. The monoisotopic (exact) mass is 417 g/mol. The number of esters is 1. The molecule has 1 saturated carbocycles. The average molecular weight is 418 g/mol. The van der Waals surface area contributed by atoms with Gasteiger partial charge in [0.15, 0.2) is 6.10 Å². The highest BCUT2D eigenvalue weighted by atomic mass is 16.6. The van der Waals surface area contributed by atoms with E-state index in [9.17, 15) is 19.7 Å². The van der Waals surface area contributed by atoms with Gasteiger partial charge in [-0.2, -0.15) is 0 Å². The second-order valence-corrected chi connectivity index (χ2v) is 8.28. The molecule has 1 aliphatic heterocycles. The molecule has 1 N–H and O–H groups in total. The molecule has 0 unspecified atom stereocenters. The molecule has 1 atom stereocenters. The molecule has 1 aliphatic carbocycles. The molecule has 2 fully saturated rings. The maximum absolute atomic E-state index is 12.5. The van der Waals surface area contributed by atoms with Crippen molar-refractivity contribution < 1.29 is 19.2 Å². The number of piperidine rings is 1. The number of anilines is 1. The molecular weight excluding hydrogens is 386 g/mol. The van der Waals surface area contributed by atoms with Gasteiger partial charge in [-0.25, -0.2) is 0 Å². The van der Waals surface area contributed by atoms with Gasteiger partial charge in [-0.05, 0) is 38.7 Å². The number of benzene rings is 1. The number of nitro groups is 1. The summed E-state index contributed by atoms with van der Waals surface area (Å²) < 4.78 is 5.45. The number of nitro benzene ring substituents is 1. The molecule has 30 heavy (non-hydrogen) atoms. The van der Waals surface area contributed by atoms with Gasteiger partial charge in [0, 0.05) is 25.2 Å². The van der Waals surface area contributed by atoms with Crippen molar-refractivity contribution >= 4 is 23.3 Å². The van der Waals surface area contributed by atoms with E-state index in [1.165, 1.54) is 18.9 Å². The highest BCUT2D eigenvalue weighted by Gasteiger charge is 2.31. The summed E-state index contributed by atoms with van der Waals surface area (Å²) >= 11 is 0. The molecule has 1 heterocycles. The lowest BCUT2D eigenvalue weighted by Crippen LogP contribution is -2.43. The van der Waals surface area contributed by atoms with Crippen LogP contribution in [0.3, 0.4) is 0 Å². The van der Waals surface area contributed by atoms with Crippen molar-refractivity contribution in [1.82, 2.24) is 5.32 Å². The lowest BCUT2D eigenvalue weighted by atomic mass is 9.96. The second kappa shape index (κ2) is 10.4. The summed E-state index contributed by atoms with van der Waals surface area (Å²) in [6, 6.07) is 6.82. The highest BCUT2D eigenvalue weighted by Crippen LogP contribution is 2.31. The van der Waals surface area contributed by atoms with Crippen LogP contribution in [0.5, 0.6) is 0 Å². The van der Waals surface area contributed by atoms with Crippen molar-refractivity contribution in [2.45, 2.75) is 70.4 Å². The number of hydrogen-bond donors (Lipinski definition) is 1. The molecule has 0 spiro atoms. The summed E-state index contributed by atoms with van der Waals surface area (Å²) in [4.78, 5) is 37.8. The van der Waals surface area contributed by atoms with Gasteiger partial charge in [0.1, 0.15) is 5.69 Å². The Hall–Kier alpha value is -2.64. The number of amides is 1. The number of hydrogen-bond acceptors (Lipinski definition) is 6. The van der Waals surface area contributed by atoms with Gasteiger partial charge in [-0.3, -0.25) is 19.7 Å². The van der Waals surface area contributed by atoms with Crippen LogP contribution >= 0.6 is 0 Å². The predicted octanol–water partition coefficient (Wildman–Crippen LogP) is 3.58. The van der Waals surface area contributed by atoms with E-state index >= 15 is 0 Å². The van der Waals surface area contributed by atoms with E-state index in [0.29, 0.717) is 31.6 Å². The van der Waals surface area contributed by atoms with Crippen molar-refractivity contribution in [3.05, 3.63) is 34.4 Å². The van der Waals surface area contributed by atoms with Crippen LogP contribution in [0, 0.1) is 16.0 Å². The van der Waals surface area contributed by atoms with Crippen molar-refractivity contribution in [1.29, 1.82) is 0 Å². The van der Waals surface area contributed by atoms with Crippen LogP contribution in [-0.2, 0) is 14.3 Å². The third-order valence-corrected chi connectivity index (χ3v) is 6.11. The molecule has 1 amide bonds. The Morgan fingerprint density at radius 2 is 1.73 bits per heavy atom. The van der Waals surface area contributed by atoms with Gasteiger partial charge in [-0.1, -0.05) is 37.8 Å². The van der Waals surface area contributed by atoms with Crippen LogP contribution in [-0.4, -0.2) is 42.0 Å². The average Bonchev–Trinajstić information content (AvgIpc) is 3.02. The zero-order valence-electron chi connectivity index (χ0n) is 17.5. The molecule has 0 aromatic heterocycles. The fraction of sp³-hybridized carbons (Fsp3) is 0.636. The highest BCUT2D eigenvalue weighted by molar-refractivity contribution is 5.84. The number of carbonyl (C=O) groups is 2. The number of rotatable bonds is 6. The zero-order chi connectivity index (χ0) is 21.5. The first-order valence-electron chi connectivity index (χ1n) is 10.9. The van der Waals surface area contributed by atoms with Crippen LogP contribution in [0.15, 0.2) is 24.3 Å². The molecule has 0 radical (unpaired) electrons. The van der Waals surface area contributed by atoms with Gasteiger partial charge in [0.05, 0.1) is 10.8 Å². The summed E-state index contributed by atoms with van der Waals surface area (Å²) in [7, 11) is 0. The maximum Gasteiger partial charge on any atom is 0.309 e. The first kappa shape index (κ1) is 22.1. The molecule has 2 aliphatic rings. The van der Waals surface area contributed by atoms with E-state index in [1.807, 2.05) is 4.90 Å². The van der Waals surface area contributed by atoms with Crippen molar-refractivity contribution in [3.8, 4) is 0 Å². The minimum absolute atomic E-state index is 0.0716. The molecule has 1 aromatic carbocycles. The SMILES string of the molecule is C[C@@H](OC(=O)C1CCN(c2ccccc2[N+](=O)[O-])CC1)C(=O)NC1CCCCCC1. The van der Waals surface area contributed by atoms with Gasteiger partial charge in [0.2, 0.25) is 0 Å². The van der Waals surface area contributed by atoms with Crippen LogP contribution in [0.2, 0.25) is 0 Å². The van der Waals surface area contributed by atoms with Crippen molar-refractivity contribution in [3.63, 3.8) is 0 Å². The Bertz CT molecular complexity index is 753. The summed E-state index contributed by atoms with van der Waals surface area (Å²) in [6.07, 6.45) is 6.91. The lowest BCUT2D eigenvalue weighted by molar-refractivity contribution is -0.384. The van der Waals surface area contributed by atoms with E-state index in [4.69, 9.17) is 4.74 Å². The quantitative estimate of drug-likeness (QED) is 0.328. The molecule has 3 rings (SSSR count). The Kier molecular flexibility index (Phi) is 7.65. The Morgan fingerprint density at radius 3 is 2.37 bits per heavy atom. The Morgan fingerprint density at radius 1 is 1.10 bits per heavy atom. The molecule has 164 valence electrons. The second-order valence-electron chi connectivity index (χ2n) is 8.28. The number of para-hydroxylation sites is 2. The number of nitrogens with zero attached hydrogens (tertiary/aromatic N) is 2. The van der Waals surface area contributed by atoms with Crippen LogP contribution in [0.1, 0.15) is 58.3 Å². The van der Waals surface area contributed by atoms with E-state index < -0.39 is 6.10 Å². The number of carbonyl (C=O) groups excluding carboxylic acids is 2. The standard InChI is InChI=1S/C22H31N3O5/c1-16(21(26)23-18-8-4-2-3-5-9-18)30-22(27)17-12-14-24(15-13-17)19-10-6-7-11-20(19)25(28)29/h6-7,10-11,16-18H,2-5,8-9,12-15H2,1H3,(H,23,26)/t16-/m1/s1. The van der Waals surface area contributed by atoms with Gasteiger partial charge in [-0.15, -0.1) is 0 Å². The molecule has 0 bridgehead atoms. The van der Waals surface area contributed by atoms with Crippen LogP contribution in [0.4, 0.5) is 11.4 Å². The minimum atomic E-state index is -0.811. The predicted molar refractivity (Wildman–Crippen MR) is 113 cm³/mol. The Labute approximate surface area is 177 Å². The number of nitrogens with one attached hydrogen (secondary N) is 1. The zero-order valence-corrected chi connectivity index (χ0v) is 17.5. The maximum atomic E-state index is 12.5. The fourth-order valence-electron chi connectivity index (χ4n) is 4.31. The fourth-order valence-corrected chi connectivity index (χ4v) is 4.31. The first-order valence-corrected chi connectivity index (χ1v) is 10.9. The number of ether oxygens (including phenoxy) is 1. The summed E-state index contributed by atoms with van der Waals surface area (Å²) in [5.41, 5.74) is 0.646. The third kappa shape index (κ3) is 5.70. The van der Waals surface area contributed by atoms with Gasteiger partial charge in [0.25, 0.3) is 11.6 Å². The summed E-state index contributed by atoms with van der Waals surface area (Å²) in [6.45, 7) is 2.69. The molecule has 8 heteroatoms. The van der Waals surface area contributed by atoms with Crippen LogP contribution in [0.25, 0.3) is 0 Å². The third-order valence-electron chi connectivity index (χ3n) is 6.11. The summed E-state index contributed by atoms with van der Waals surface area (Å²) in [5.74, 6) is -0.884. The first-order chi connectivity index (χ1) is 14.5. The van der Waals surface area contributed by atoms with Crippen LogP contribution < -0.4 is 10.2 Å². The smallest absolute Gasteiger partial charge is 0.309 e. The van der Waals surface area contributed by atoms with E-state index in [1.54, 1.807) is 25.1 Å². The van der Waals surface area contributed by atoms with E-state index in [2.05, 4.69) is 5.32 Å².